The van der Waals surface area contributed by atoms with Gasteiger partial charge in [0.2, 0.25) is 0 Å². The van der Waals surface area contributed by atoms with Crippen LogP contribution in [0.4, 0.5) is 0 Å². The van der Waals surface area contributed by atoms with Crippen LogP contribution in [0.15, 0.2) is 12.2 Å². The second-order valence-corrected chi connectivity index (χ2v) is 10.8. The summed E-state index contributed by atoms with van der Waals surface area (Å²) < 4.78 is 0.501. The Morgan fingerprint density at radius 3 is 1.53 bits per heavy atom. The fourth-order valence-corrected chi connectivity index (χ4v) is 4.37. The van der Waals surface area contributed by atoms with Crippen molar-refractivity contribution in [1.29, 1.82) is 0 Å². The molecule has 0 saturated carbocycles. The summed E-state index contributed by atoms with van der Waals surface area (Å²) in [6.45, 7) is 9.57. The summed E-state index contributed by atoms with van der Waals surface area (Å²) in [6.07, 6.45) is 18.2. The van der Waals surface area contributed by atoms with E-state index >= 15 is 0 Å². The Hall–Kier alpha value is -1.89. The number of hydrogen-bond donors (Lipinski definition) is 2. The van der Waals surface area contributed by atoms with E-state index in [-0.39, 0.29) is 0 Å². The first kappa shape index (κ1) is 34.1. The van der Waals surface area contributed by atoms with Crippen LogP contribution in [0.1, 0.15) is 111 Å². The fraction of sp³-hybridized carbons (Fsp3) is 0.828. The maximum atomic E-state index is 11.4. The zero-order chi connectivity index (χ0) is 27.4. The molecule has 0 aromatic heterocycles. The molecule has 0 amide bonds. The molecule has 210 valence electrons. The van der Waals surface area contributed by atoms with Gasteiger partial charge < -0.3 is 24.6 Å². The fourth-order valence-electron chi connectivity index (χ4n) is 4.37. The van der Waals surface area contributed by atoms with Crippen LogP contribution in [0.3, 0.4) is 0 Å². The highest BCUT2D eigenvalue weighted by molar-refractivity contribution is 5.69. The average molecular weight is 512 g/mol. The first-order valence-electron chi connectivity index (χ1n) is 14.2. The molecule has 0 saturated heterocycles. The Bertz CT molecular complexity index is 588. The van der Waals surface area contributed by atoms with E-state index in [1.165, 1.54) is 51.4 Å². The third-order valence-electron chi connectivity index (χ3n) is 7.49. The van der Waals surface area contributed by atoms with Gasteiger partial charge in [-0.15, -0.1) is 0 Å². The summed E-state index contributed by atoms with van der Waals surface area (Å²) in [5, 5.41) is 30.0. The van der Waals surface area contributed by atoms with Gasteiger partial charge in [0.25, 0.3) is 0 Å². The number of allylic oxidation sites excluding steroid dienone is 1. The molecule has 0 fully saturated rings. The Balaban J connectivity index is 5.04. The minimum absolute atomic E-state index is 0.414. The summed E-state index contributed by atoms with van der Waals surface area (Å²) in [6, 6.07) is 0. The number of nitrogens with zero attached hydrogens (tertiary/aromatic N) is 1. The van der Waals surface area contributed by atoms with Gasteiger partial charge >= 0.3 is 11.9 Å². The smallest absolute Gasteiger partial charge is 0.306 e. The van der Waals surface area contributed by atoms with Crippen LogP contribution in [-0.4, -0.2) is 58.8 Å². The molecule has 0 radical (unpaired) electrons. The topological polar surface area (TPSA) is 115 Å². The highest BCUT2D eigenvalue weighted by Crippen LogP contribution is 2.20. The minimum Gasteiger partial charge on any atom is -0.550 e. The largest absolute Gasteiger partial charge is 0.550 e. The standard InChI is InChI=1S/C29H53NO6/c1-5-6-7-8-9-10-11-12-13-14-15-16-20-30(21-17-24(2)27(31)32,22-18-25(3)28(33)34)23-19-26(4)29(35)36/h15-16,24-26H,5-14,17-23H2,1-4H3,(H2-,31,32,33,34,35,36)/b16-15+. The lowest BCUT2D eigenvalue weighted by Crippen LogP contribution is -2.52. The van der Waals surface area contributed by atoms with Gasteiger partial charge in [0.05, 0.1) is 38.0 Å². The molecule has 2 N–H and O–H groups in total. The number of quaternary nitrogens is 1. The van der Waals surface area contributed by atoms with Crippen LogP contribution in [0.25, 0.3) is 0 Å². The van der Waals surface area contributed by atoms with Gasteiger partial charge in [0.1, 0.15) is 0 Å². The predicted molar refractivity (Wildman–Crippen MR) is 142 cm³/mol. The van der Waals surface area contributed by atoms with Crippen molar-refractivity contribution in [2.24, 2.45) is 17.8 Å². The lowest BCUT2D eigenvalue weighted by molar-refractivity contribution is -0.924. The molecule has 0 aliphatic carbocycles. The molecule has 0 aliphatic rings. The van der Waals surface area contributed by atoms with Gasteiger partial charge in [-0.2, -0.15) is 0 Å². The zero-order valence-electron chi connectivity index (χ0n) is 23.4. The van der Waals surface area contributed by atoms with E-state index in [9.17, 15) is 29.7 Å². The first-order valence-corrected chi connectivity index (χ1v) is 14.2. The number of carbonyl (C=O) groups is 3. The highest BCUT2D eigenvalue weighted by atomic mass is 16.4. The van der Waals surface area contributed by atoms with E-state index in [4.69, 9.17) is 0 Å². The number of carboxylic acids is 3. The second kappa shape index (κ2) is 20.2. The Morgan fingerprint density at radius 1 is 0.694 bits per heavy atom. The number of unbranched alkanes of at least 4 members (excludes halogenated alkanes) is 9. The molecule has 0 spiro atoms. The first-order chi connectivity index (χ1) is 17.0. The number of carbonyl (C=O) groups excluding carboxylic acids is 1. The molecule has 0 rings (SSSR count). The van der Waals surface area contributed by atoms with E-state index in [1.807, 2.05) is 0 Å². The molecular weight excluding hydrogens is 458 g/mol. The number of carboxylic acid groups (broad SMARTS) is 3. The molecule has 0 aromatic rings. The minimum atomic E-state index is -1.09. The lowest BCUT2D eigenvalue weighted by Gasteiger charge is -2.40. The third kappa shape index (κ3) is 16.7. The zero-order valence-corrected chi connectivity index (χ0v) is 23.4. The summed E-state index contributed by atoms with van der Waals surface area (Å²) in [5.41, 5.74) is 0. The van der Waals surface area contributed by atoms with Gasteiger partial charge in [0.15, 0.2) is 0 Å². The third-order valence-corrected chi connectivity index (χ3v) is 7.49. The van der Waals surface area contributed by atoms with E-state index in [1.54, 1.807) is 20.8 Å². The predicted octanol–water partition coefficient (Wildman–Crippen LogP) is 5.28. The van der Waals surface area contributed by atoms with E-state index in [0.717, 1.165) is 12.8 Å². The van der Waals surface area contributed by atoms with Crippen LogP contribution >= 0.6 is 0 Å². The van der Waals surface area contributed by atoms with Crippen LogP contribution in [-0.2, 0) is 14.4 Å². The molecule has 0 heterocycles. The SMILES string of the molecule is CCCCCCCCCCC/C=C/C[N+](CCC(C)C(=O)[O-])(CCC(C)C(=O)O)CCC(C)C(=O)O. The van der Waals surface area contributed by atoms with Crippen molar-refractivity contribution in [2.75, 3.05) is 26.2 Å². The Kier molecular flexibility index (Phi) is 19.1. The average Bonchev–Trinajstić information content (AvgIpc) is 2.84. The van der Waals surface area contributed by atoms with Gasteiger partial charge in [-0.25, -0.2) is 0 Å². The Morgan fingerprint density at radius 2 is 1.11 bits per heavy atom. The van der Waals surface area contributed by atoms with Gasteiger partial charge in [-0.3, -0.25) is 9.59 Å². The molecular formula is C29H53NO6. The molecule has 3 atom stereocenters. The van der Waals surface area contributed by atoms with Crippen molar-refractivity contribution >= 4 is 17.9 Å². The molecule has 36 heavy (non-hydrogen) atoms. The van der Waals surface area contributed by atoms with Crippen LogP contribution in [0, 0.1) is 17.8 Å². The van der Waals surface area contributed by atoms with Gasteiger partial charge in [0, 0.05) is 31.1 Å². The van der Waals surface area contributed by atoms with E-state index in [2.05, 4.69) is 19.1 Å². The van der Waals surface area contributed by atoms with Gasteiger partial charge in [-0.1, -0.05) is 85.1 Å². The Labute approximate surface area is 219 Å². The second-order valence-electron chi connectivity index (χ2n) is 10.8. The van der Waals surface area contributed by atoms with E-state index < -0.39 is 35.7 Å². The van der Waals surface area contributed by atoms with Crippen LogP contribution in [0.5, 0.6) is 0 Å². The normalized spacial score (nSPS) is 15.9. The van der Waals surface area contributed by atoms with Crippen molar-refractivity contribution < 1.29 is 34.2 Å². The summed E-state index contributed by atoms with van der Waals surface area (Å²) in [5.74, 6) is -4.42. The molecule has 7 heteroatoms. The quantitative estimate of drug-likeness (QED) is 0.104. The number of aliphatic carboxylic acids is 3. The number of rotatable bonds is 24. The lowest BCUT2D eigenvalue weighted by atomic mass is 10.0. The monoisotopic (exact) mass is 511 g/mol. The highest BCUT2D eigenvalue weighted by Gasteiger charge is 2.30. The maximum absolute atomic E-state index is 11.4. The van der Waals surface area contributed by atoms with Crippen LogP contribution < -0.4 is 5.11 Å². The number of hydrogen-bond acceptors (Lipinski definition) is 4. The van der Waals surface area contributed by atoms with Crippen molar-refractivity contribution in [2.45, 2.75) is 111 Å². The van der Waals surface area contributed by atoms with Crippen molar-refractivity contribution in [3.8, 4) is 0 Å². The molecule has 0 bridgehead atoms. The van der Waals surface area contributed by atoms with Gasteiger partial charge in [-0.05, 0) is 18.9 Å². The summed E-state index contributed by atoms with van der Waals surface area (Å²) in [7, 11) is 0. The summed E-state index contributed by atoms with van der Waals surface area (Å²) >= 11 is 0. The molecule has 0 aliphatic heterocycles. The van der Waals surface area contributed by atoms with Crippen molar-refractivity contribution in [3.05, 3.63) is 12.2 Å². The molecule has 7 nitrogen and oxygen atoms in total. The molecule has 3 unspecified atom stereocenters. The molecule has 0 aromatic carbocycles. The van der Waals surface area contributed by atoms with E-state index in [0.29, 0.717) is 49.9 Å². The van der Waals surface area contributed by atoms with Crippen LogP contribution in [0.2, 0.25) is 0 Å². The maximum Gasteiger partial charge on any atom is 0.306 e. The van der Waals surface area contributed by atoms with Crippen molar-refractivity contribution in [1.82, 2.24) is 0 Å². The summed E-state index contributed by atoms with van der Waals surface area (Å²) in [4.78, 5) is 34.1. The van der Waals surface area contributed by atoms with Crippen molar-refractivity contribution in [3.63, 3.8) is 0 Å².